The van der Waals surface area contributed by atoms with E-state index in [4.69, 9.17) is 0 Å². The smallest absolute Gasteiger partial charge is 0.315 e. The zero-order valence-corrected chi connectivity index (χ0v) is 24.5. The first-order chi connectivity index (χ1) is 20.5. The molecule has 5 nitrogen and oxygen atoms in total. The zero-order chi connectivity index (χ0) is 29.2. The molecule has 2 atom stereocenters. The van der Waals surface area contributed by atoms with Gasteiger partial charge in [0.2, 0.25) is 0 Å². The Bertz CT molecular complexity index is 1320. The van der Waals surface area contributed by atoms with Gasteiger partial charge < -0.3 is 21.1 Å². The normalized spacial score (nSPS) is 18.5. The van der Waals surface area contributed by atoms with Crippen LogP contribution in [0.15, 0.2) is 121 Å². The molecule has 0 aliphatic heterocycles. The fourth-order valence-electron chi connectivity index (χ4n) is 6.28. The van der Waals surface area contributed by atoms with Crippen molar-refractivity contribution in [1.82, 2.24) is 16.0 Å². The van der Waals surface area contributed by atoms with Crippen LogP contribution in [0.2, 0.25) is 0 Å². The maximum Gasteiger partial charge on any atom is 0.315 e. The van der Waals surface area contributed by atoms with Gasteiger partial charge in [0.1, 0.15) is 5.60 Å². The Morgan fingerprint density at radius 3 is 1.74 bits per heavy atom. The van der Waals surface area contributed by atoms with Gasteiger partial charge in [-0.15, -0.1) is 0 Å². The second kappa shape index (κ2) is 14.3. The molecule has 1 saturated carbocycles. The number of nitrogens with one attached hydrogen (secondary N) is 3. The van der Waals surface area contributed by atoms with Crippen molar-refractivity contribution >= 4 is 6.03 Å². The van der Waals surface area contributed by atoms with E-state index >= 15 is 0 Å². The lowest BCUT2D eigenvalue weighted by molar-refractivity contribution is 0.0398. The van der Waals surface area contributed by atoms with Gasteiger partial charge >= 0.3 is 6.03 Å². The molecule has 1 fully saturated rings. The molecule has 42 heavy (non-hydrogen) atoms. The summed E-state index contributed by atoms with van der Waals surface area (Å²) in [4.78, 5) is 13.5. The Hall–Kier alpha value is -3.93. The van der Waals surface area contributed by atoms with Gasteiger partial charge in [-0.1, -0.05) is 121 Å². The van der Waals surface area contributed by atoms with E-state index in [1.807, 2.05) is 91.0 Å². The van der Waals surface area contributed by atoms with Crippen molar-refractivity contribution in [3.63, 3.8) is 0 Å². The highest BCUT2D eigenvalue weighted by Gasteiger charge is 2.42. The molecule has 0 spiro atoms. The highest BCUT2D eigenvalue weighted by Crippen LogP contribution is 2.41. The minimum absolute atomic E-state index is 0.121. The molecule has 0 heterocycles. The number of hydrogen-bond donors (Lipinski definition) is 4. The van der Waals surface area contributed by atoms with E-state index in [1.54, 1.807) is 0 Å². The molecule has 0 bridgehead atoms. The molecule has 4 aromatic rings. The lowest BCUT2D eigenvalue weighted by Crippen LogP contribution is -2.50. The third-order valence-electron chi connectivity index (χ3n) is 8.74. The highest BCUT2D eigenvalue weighted by molar-refractivity contribution is 5.75. The van der Waals surface area contributed by atoms with Crippen LogP contribution in [0.5, 0.6) is 0 Å². The van der Waals surface area contributed by atoms with Crippen LogP contribution < -0.4 is 16.0 Å². The van der Waals surface area contributed by atoms with Gasteiger partial charge in [0, 0.05) is 12.1 Å². The number of hydrogen-bond acceptors (Lipinski definition) is 3. The maximum absolute atomic E-state index is 13.5. The second-order valence-electron chi connectivity index (χ2n) is 11.6. The second-order valence-corrected chi connectivity index (χ2v) is 11.6. The third kappa shape index (κ3) is 7.28. The van der Waals surface area contributed by atoms with Crippen LogP contribution in [-0.4, -0.2) is 23.7 Å². The molecule has 4 aromatic carbocycles. The summed E-state index contributed by atoms with van der Waals surface area (Å²) in [5.41, 5.74) is 2.13. The number of rotatable bonds is 11. The molecule has 4 N–H and O–H groups in total. The monoisotopic (exact) mass is 561 g/mol. The van der Waals surface area contributed by atoms with Crippen LogP contribution >= 0.6 is 0 Å². The van der Waals surface area contributed by atoms with Gasteiger partial charge in [-0.05, 0) is 73.7 Å². The first-order valence-electron chi connectivity index (χ1n) is 15.3. The zero-order valence-electron chi connectivity index (χ0n) is 24.5. The first-order valence-corrected chi connectivity index (χ1v) is 15.3. The van der Waals surface area contributed by atoms with Crippen molar-refractivity contribution in [2.75, 3.05) is 6.54 Å². The van der Waals surface area contributed by atoms with E-state index in [0.717, 1.165) is 55.3 Å². The van der Waals surface area contributed by atoms with Crippen LogP contribution in [0.3, 0.4) is 0 Å². The number of aliphatic hydroxyl groups is 1. The number of carbonyl (C=O) groups excluding carboxylic acids is 1. The van der Waals surface area contributed by atoms with E-state index in [0.29, 0.717) is 12.0 Å². The predicted molar refractivity (Wildman–Crippen MR) is 170 cm³/mol. The number of amides is 2. The predicted octanol–water partition coefficient (Wildman–Crippen LogP) is 7.26. The van der Waals surface area contributed by atoms with Crippen LogP contribution in [-0.2, 0) is 5.60 Å². The SMILES string of the molecule is C[C@@H](NCC[C@H]1CC[C@H](NC(=O)N[C@@H](c2ccccc2)C(O)(c2ccccc2)c2ccccc2)CC1)c1ccccc1. The number of urea groups is 1. The summed E-state index contributed by atoms with van der Waals surface area (Å²) in [6.45, 7) is 3.21. The standard InChI is InChI=1S/C37H43N3O2/c1-28(30-14-6-2-7-15-30)38-27-26-29-22-24-34(25-23-29)39-36(41)40-35(31-16-8-3-9-17-31)37(42,32-18-10-4-11-19-32)33-20-12-5-13-21-33/h2-21,28-29,34-35,38,42H,22-27H2,1H3,(H2,39,40,41)/t28-,29-,34-,35+/m1/s1. The Morgan fingerprint density at radius 1 is 0.738 bits per heavy atom. The summed E-state index contributed by atoms with van der Waals surface area (Å²) in [6.07, 6.45) is 5.28. The van der Waals surface area contributed by atoms with Gasteiger partial charge in [-0.2, -0.15) is 0 Å². The summed E-state index contributed by atoms with van der Waals surface area (Å²) >= 11 is 0. The Morgan fingerprint density at radius 2 is 1.21 bits per heavy atom. The van der Waals surface area contributed by atoms with Gasteiger partial charge in [0.25, 0.3) is 0 Å². The van der Waals surface area contributed by atoms with Gasteiger partial charge in [-0.3, -0.25) is 0 Å². The fraction of sp³-hybridized carbons (Fsp3) is 0.324. The molecule has 1 aliphatic rings. The third-order valence-corrected chi connectivity index (χ3v) is 8.74. The van der Waals surface area contributed by atoms with Crippen LogP contribution in [0, 0.1) is 5.92 Å². The molecule has 0 saturated heterocycles. The van der Waals surface area contributed by atoms with Gasteiger partial charge in [0.15, 0.2) is 0 Å². The van der Waals surface area contributed by atoms with Crippen molar-refractivity contribution < 1.29 is 9.90 Å². The van der Waals surface area contributed by atoms with Crippen LogP contribution in [0.1, 0.15) is 73.4 Å². The van der Waals surface area contributed by atoms with E-state index in [-0.39, 0.29) is 12.1 Å². The molecule has 2 amide bonds. The Kier molecular flexibility index (Phi) is 10.1. The van der Waals surface area contributed by atoms with Gasteiger partial charge in [-0.25, -0.2) is 4.79 Å². The number of benzene rings is 4. The molecule has 0 unspecified atom stereocenters. The van der Waals surface area contributed by atoms with Crippen LogP contribution in [0.4, 0.5) is 4.79 Å². The van der Waals surface area contributed by atoms with Crippen molar-refractivity contribution in [1.29, 1.82) is 0 Å². The lowest BCUT2D eigenvalue weighted by Gasteiger charge is -2.38. The molecular weight excluding hydrogens is 518 g/mol. The topological polar surface area (TPSA) is 73.4 Å². The summed E-state index contributed by atoms with van der Waals surface area (Å²) in [7, 11) is 0. The average molecular weight is 562 g/mol. The molecule has 5 rings (SSSR count). The van der Waals surface area contributed by atoms with Crippen molar-refractivity contribution in [3.8, 4) is 0 Å². The molecular formula is C37H43N3O2. The lowest BCUT2D eigenvalue weighted by atomic mass is 9.77. The Balaban J connectivity index is 1.22. The average Bonchev–Trinajstić information content (AvgIpc) is 3.05. The minimum Gasteiger partial charge on any atom is -0.378 e. The summed E-state index contributed by atoms with van der Waals surface area (Å²) in [5.74, 6) is 0.667. The minimum atomic E-state index is -1.47. The van der Waals surface area contributed by atoms with Crippen molar-refractivity contribution in [2.45, 2.75) is 62.8 Å². The van der Waals surface area contributed by atoms with E-state index < -0.39 is 11.6 Å². The fourth-order valence-corrected chi connectivity index (χ4v) is 6.28. The number of carbonyl (C=O) groups is 1. The summed E-state index contributed by atoms with van der Waals surface area (Å²) < 4.78 is 0. The summed E-state index contributed by atoms with van der Waals surface area (Å²) in [5, 5.41) is 22.6. The van der Waals surface area contributed by atoms with E-state index in [9.17, 15) is 9.90 Å². The quantitative estimate of drug-likeness (QED) is 0.156. The Labute approximate surface area is 250 Å². The molecule has 218 valence electrons. The maximum atomic E-state index is 13.5. The molecule has 0 aromatic heterocycles. The van der Waals surface area contributed by atoms with Crippen molar-refractivity contribution in [3.05, 3.63) is 144 Å². The van der Waals surface area contributed by atoms with Gasteiger partial charge in [0.05, 0.1) is 6.04 Å². The first kappa shape index (κ1) is 29.6. The molecule has 0 radical (unpaired) electrons. The highest BCUT2D eigenvalue weighted by atomic mass is 16.3. The van der Waals surface area contributed by atoms with E-state index in [1.165, 1.54) is 5.56 Å². The molecule has 5 heteroatoms. The van der Waals surface area contributed by atoms with Crippen molar-refractivity contribution in [2.24, 2.45) is 5.92 Å². The van der Waals surface area contributed by atoms with Crippen LogP contribution in [0.25, 0.3) is 0 Å². The summed E-state index contributed by atoms with van der Waals surface area (Å²) in [6, 6.07) is 39.0. The largest absolute Gasteiger partial charge is 0.378 e. The molecule has 1 aliphatic carbocycles. The van der Waals surface area contributed by atoms with E-state index in [2.05, 4.69) is 53.2 Å².